The predicted octanol–water partition coefficient (Wildman–Crippen LogP) is 4.13. The molecule has 0 atom stereocenters. The van der Waals surface area contributed by atoms with Crippen LogP contribution in [-0.2, 0) is 4.79 Å². The van der Waals surface area contributed by atoms with Crippen molar-refractivity contribution >= 4 is 35.1 Å². The second-order valence-corrected chi connectivity index (χ2v) is 7.38. The molecular weight excluding hydrogens is 276 g/mol. The molecule has 1 saturated heterocycles. The van der Waals surface area contributed by atoms with Gasteiger partial charge in [0.05, 0.1) is 9.81 Å². The van der Waals surface area contributed by atoms with E-state index in [4.69, 9.17) is 0 Å². The maximum absolute atomic E-state index is 12.5. The van der Waals surface area contributed by atoms with Gasteiger partial charge < -0.3 is 0 Å². The molecule has 2 rings (SSSR count). The zero-order valence-corrected chi connectivity index (χ0v) is 12.6. The minimum absolute atomic E-state index is 0.0291. The maximum Gasteiger partial charge on any atom is 0.198 e. The molecule has 0 saturated carbocycles. The van der Waals surface area contributed by atoms with E-state index >= 15 is 0 Å². The van der Waals surface area contributed by atoms with E-state index in [1.165, 1.54) is 0 Å². The molecule has 1 aliphatic rings. The summed E-state index contributed by atoms with van der Waals surface area (Å²) in [7, 11) is 0. The zero-order valence-electron chi connectivity index (χ0n) is 11.0. The van der Waals surface area contributed by atoms with Crippen LogP contribution in [0.25, 0.3) is 0 Å². The molecule has 1 aromatic carbocycles. The van der Waals surface area contributed by atoms with Gasteiger partial charge in [0.2, 0.25) is 0 Å². The second kappa shape index (κ2) is 6.44. The maximum atomic E-state index is 12.5. The Morgan fingerprint density at radius 3 is 2.26 bits per heavy atom. The normalized spacial score (nSPS) is 14.2. The van der Waals surface area contributed by atoms with Gasteiger partial charge in [-0.1, -0.05) is 44.2 Å². The molecule has 0 aromatic heterocycles. The summed E-state index contributed by atoms with van der Waals surface area (Å²) in [5.74, 6) is 0.0984. The average molecular weight is 292 g/mol. The highest BCUT2D eigenvalue weighted by Gasteiger charge is 2.28. The monoisotopic (exact) mass is 292 g/mol. The van der Waals surface area contributed by atoms with Gasteiger partial charge in [0.25, 0.3) is 0 Å². The molecule has 0 unspecified atom stereocenters. The van der Waals surface area contributed by atoms with Crippen LogP contribution in [0.5, 0.6) is 0 Å². The summed E-state index contributed by atoms with van der Waals surface area (Å²) in [5.41, 5.74) is 0.983. The highest BCUT2D eigenvalue weighted by molar-refractivity contribution is 8.37. The lowest BCUT2D eigenvalue weighted by Gasteiger charge is -2.19. The molecule has 0 radical (unpaired) electrons. The Bertz CT molecular complexity index is 512. The van der Waals surface area contributed by atoms with Crippen LogP contribution in [0.4, 0.5) is 0 Å². The number of carbonyl (C=O) groups excluding carboxylic acids is 2. The molecule has 0 bridgehead atoms. The number of ketones is 2. The molecule has 0 aliphatic carbocycles. The van der Waals surface area contributed by atoms with Crippen LogP contribution in [0.2, 0.25) is 0 Å². The number of benzene rings is 1. The van der Waals surface area contributed by atoms with Gasteiger partial charge >= 0.3 is 0 Å². The second-order valence-electron chi connectivity index (χ2n) is 4.79. The number of thioether (sulfide) groups is 2. The third-order valence-corrected chi connectivity index (χ3v) is 5.30. The molecular formula is C15H16O2S2. The summed E-state index contributed by atoms with van der Waals surface area (Å²) in [6.07, 6.45) is 0.429. The van der Waals surface area contributed by atoms with Gasteiger partial charge in [-0.2, -0.15) is 0 Å². The Morgan fingerprint density at radius 2 is 1.79 bits per heavy atom. The van der Waals surface area contributed by atoms with Crippen LogP contribution in [0.1, 0.15) is 30.6 Å². The van der Waals surface area contributed by atoms with E-state index in [9.17, 15) is 9.59 Å². The lowest BCUT2D eigenvalue weighted by Crippen LogP contribution is -2.18. The lowest BCUT2D eigenvalue weighted by molar-refractivity contribution is -0.115. The van der Waals surface area contributed by atoms with Crippen molar-refractivity contribution in [2.24, 2.45) is 5.92 Å². The fourth-order valence-electron chi connectivity index (χ4n) is 1.80. The fourth-order valence-corrected chi connectivity index (χ4v) is 3.45. The number of allylic oxidation sites excluding steroid dienone is 1. The molecule has 0 N–H and O–H groups in total. The SMILES string of the molecule is CC(C)CC(=O)C(C(=O)c1ccccc1)=C1SCS1. The van der Waals surface area contributed by atoms with Crippen molar-refractivity contribution < 1.29 is 9.59 Å². The summed E-state index contributed by atoms with van der Waals surface area (Å²) in [4.78, 5) is 24.8. The molecule has 0 amide bonds. The van der Waals surface area contributed by atoms with E-state index in [1.54, 1.807) is 35.7 Å². The van der Waals surface area contributed by atoms with E-state index < -0.39 is 0 Å². The van der Waals surface area contributed by atoms with Gasteiger partial charge in [0.15, 0.2) is 11.6 Å². The van der Waals surface area contributed by atoms with E-state index in [1.807, 2.05) is 32.0 Å². The van der Waals surface area contributed by atoms with Crippen molar-refractivity contribution in [1.29, 1.82) is 0 Å². The minimum Gasteiger partial charge on any atom is -0.294 e. The number of Topliss-reactive ketones (excluding diaryl/α,β-unsaturated/α-hetero) is 2. The zero-order chi connectivity index (χ0) is 13.8. The van der Waals surface area contributed by atoms with Crippen LogP contribution >= 0.6 is 23.5 Å². The summed E-state index contributed by atoms with van der Waals surface area (Å²) >= 11 is 3.19. The first-order valence-corrected chi connectivity index (χ1v) is 8.19. The Kier molecular flexibility index (Phi) is 4.88. The van der Waals surface area contributed by atoms with Crippen LogP contribution < -0.4 is 0 Å². The lowest BCUT2D eigenvalue weighted by atomic mass is 9.96. The number of hydrogen-bond donors (Lipinski definition) is 0. The third kappa shape index (κ3) is 3.51. The Labute approximate surface area is 122 Å². The number of carbonyl (C=O) groups is 2. The summed E-state index contributed by atoms with van der Waals surface area (Å²) in [6.45, 7) is 3.99. The molecule has 1 aromatic rings. The van der Waals surface area contributed by atoms with Crippen molar-refractivity contribution in [3.8, 4) is 0 Å². The van der Waals surface area contributed by atoms with Gasteiger partial charge in [0, 0.05) is 17.1 Å². The van der Waals surface area contributed by atoms with Gasteiger partial charge in [-0.15, -0.1) is 23.5 Å². The minimum atomic E-state index is -0.138. The Morgan fingerprint density at radius 1 is 1.16 bits per heavy atom. The molecule has 2 nitrogen and oxygen atoms in total. The van der Waals surface area contributed by atoms with Crippen LogP contribution in [0, 0.1) is 5.92 Å². The van der Waals surface area contributed by atoms with E-state index in [-0.39, 0.29) is 17.5 Å². The third-order valence-electron chi connectivity index (χ3n) is 2.72. The Hall–Kier alpha value is -1.000. The van der Waals surface area contributed by atoms with Crippen molar-refractivity contribution in [2.75, 3.05) is 5.08 Å². The first-order valence-electron chi connectivity index (χ1n) is 6.22. The highest BCUT2D eigenvalue weighted by atomic mass is 32.3. The number of rotatable bonds is 5. The first-order chi connectivity index (χ1) is 9.09. The highest BCUT2D eigenvalue weighted by Crippen LogP contribution is 2.46. The van der Waals surface area contributed by atoms with Crippen molar-refractivity contribution in [3.05, 3.63) is 45.7 Å². The van der Waals surface area contributed by atoms with E-state index in [0.717, 1.165) is 9.32 Å². The van der Waals surface area contributed by atoms with Gasteiger partial charge in [0.1, 0.15) is 0 Å². The summed E-state index contributed by atoms with van der Waals surface area (Å²) in [5, 5.41) is 0.926. The van der Waals surface area contributed by atoms with Crippen molar-refractivity contribution in [2.45, 2.75) is 20.3 Å². The quantitative estimate of drug-likeness (QED) is 0.353. The van der Waals surface area contributed by atoms with Crippen molar-refractivity contribution in [1.82, 2.24) is 0 Å². The largest absolute Gasteiger partial charge is 0.294 e. The molecule has 1 heterocycles. The first kappa shape index (κ1) is 14.4. The summed E-state index contributed by atoms with van der Waals surface area (Å²) in [6, 6.07) is 9.04. The van der Waals surface area contributed by atoms with Crippen LogP contribution in [-0.4, -0.2) is 16.7 Å². The molecule has 4 heteroatoms. The average Bonchev–Trinajstić information content (AvgIpc) is 2.32. The predicted molar refractivity (Wildman–Crippen MR) is 82.3 cm³/mol. The summed E-state index contributed by atoms with van der Waals surface area (Å²) < 4.78 is 0.888. The van der Waals surface area contributed by atoms with E-state index in [2.05, 4.69) is 0 Å². The van der Waals surface area contributed by atoms with Crippen molar-refractivity contribution in [3.63, 3.8) is 0 Å². The smallest absolute Gasteiger partial charge is 0.198 e. The standard InChI is InChI=1S/C15H16O2S2/c1-10(2)8-12(16)13(15-18-9-19-15)14(17)11-6-4-3-5-7-11/h3-7,10H,8-9H2,1-2H3. The van der Waals surface area contributed by atoms with Gasteiger partial charge in [-0.05, 0) is 5.92 Å². The molecule has 100 valence electrons. The van der Waals surface area contributed by atoms with Crippen LogP contribution in [0.15, 0.2) is 40.1 Å². The van der Waals surface area contributed by atoms with Crippen LogP contribution in [0.3, 0.4) is 0 Å². The Balaban J connectivity index is 2.30. The molecule has 19 heavy (non-hydrogen) atoms. The van der Waals surface area contributed by atoms with E-state index in [0.29, 0.717) is 17.6 Å². The number of hydrogen-bond acceptors (Lipinski definition) is 4. The topological polar surface area (TPSA) is 34.1 Å². The van der Waals surface area contributed by atoms with Gasteiger partial charge in [-0.25, -0.2) is 0 Å². The van der Waals surface area contributed by atoms with Gasteiger partial charge in [-0.3, -0.25) is 9.59 Å². The molecule has 1 aliphatic heterocycles. The molecule has 0 spiro atoms. The molecule has 1 fully saturated rings. The fraction of sp³-hybridized carbons (Fsp3) is 0.333.